The molecular formula is C18H28N2. The van der Waals surface area contributed by atoms with E-state index in [0.717, 1.165) is 12.1 Å². The fourth-order valence-electron chi connectivity index (χ4n) is 4.15. The molecule has 2 bridgehead atoms. The Balaban J connectivity index is 1.65. The highest BCUT2D eigenvalue weighted by Crippen LogP contribution is 2.35. The molecule has 2 heteroatoms. The lowest BCUT2D eigenvalue weighted by Gasteiger charge is -2.38. The van der Waals surface area contributed by atoms with Gasteiger partial charge < -0.3 is 10.2 Å². The molecule has 0 spiro atoms. The van der Waals surface area contributed by atoms with Crippen LogP contribution in [0.4, 0.5) is 0 Å². The van der Waals surface area contributed by atoms with Crippen molar-refractivity contribution in [3.05, 3.63) is 35.9 Å². The average molecular weight is 272 g/mol. The zero-order valence-electron chi connectivity index (χ0n) is 12.9. The first-order valence-electron chi connectivity index (χ1n) is 8.31. The minimum Gasteiger partial charge on any atom is -0.307 e. The molecule has 0 radical (unpaired) electrons. The van der Waals surface area contributed by atoms with Crippen molar-refractivity contribution in [1.29, 1.82) is 0 Å². The van der Waals surface area contributed by atoms with E-state index in [1.807, 2.05) is 0 Å². The Labute approximate surface area is 123 Å². The summed E-state index contributed by atoms with van der Waals surface area (Å²) in [6.45, 7) is 2.29. The molecule has 3 unspecified atom stereocenters. The van der Waals surface area contributed by atoms with Crippen molar-refractivity contribution in [3.8, 4) is 0 Å². The molecular weight excluding hydrogens is 244 g/mol. The average Bonchev–Trinajstić information content (AvgIpc) is 2.70. The number of hydrogen-bond acceptors (Lipinski definition) is 2. The van der Waals surface area contributed by atoms with Gasteiger partial charge in [-0.05, 0) is 44.7 Å². The molecule has 3 rings (SSSR count). The van der Waals surface area contributed by atoms with E-state index in [4.69, 9.17) is 0 Å². The molecule has 1 aromatic rings. The molecule has 1 N–H and O–H groups in total. The fraction of sp³-hybridized carbons (Fsp3) is 0.667. The molecule has 2 heterocycles. The maximum absolute atomic E-state index is 3.97. The second kappa shape index (κ2) is 6.28. The second-order valence-corrected chi connectivity index (χ2v) is 6.64. The first kappa shape index (κ1) is 14.1. The van der Waals surface area contributed by atoms with E-state index in [1.54, 1.807) is 0 Å². The Morgan fingerprint density at radius 1 is 1.15 bits per heavy atom. The summed E-state index contributed by atoms with van der Waals surface area (Å²) in [7, 11) is 2.32. The SMILES string of the molecule is CCCC(NC1CC2CCC(C1)N2C)c1ccccc1. The molecule has 0 saturated carbocycles. The van der Waals surface area contributed by atoms with Crippen molar-refractivity contribution >= 4 is 0 Å². The number of rotatable bonds is 5. The fourth-order valence-corrected chi connectivity index (χ4v) is 4.15. The van der Waals surface area contributed by atoms with Crippen molar-refractivity contribution in [2.24, 2.45) is 0 Å². The van der Waals surface area contributed by atoms with Gasteiger partial charge in [0, 0.05) is 24.2 Å². The van der Waals surface area contributed by atoms with Crippen LogP contribution in [0.25, 0.3) is 0 Å². The summed E-state index contributed by atoms with van der Waals surface area (Å²) in [4.78, 5) is 2.62. The van der Waals surface area contributed by atoms with Gasteiger partial charge in [0.1, 0.15) is 0 Å². The maximum Gasteiger partial charge on any atom is 0.0322 e. The lowest BCUT2D eigenvalue weighted by atomic mass is 9.94. The largest absolute Gasteiger partial charge is 0.307 e. The van der Waals surface area contributed by atoms with Crippen LogP contribution in [0.15, 0.2) is 30.3 Å². The monoisotopic (exact) mass is 272 g/mol. The number of nitrogens with one attached hydrogen (secondary N) is 1. The van der Waals surface area contributed by atoms with Crippen molar-refractivity contribution in [2.45, 2.75) is 69.6 Å². The molecule has 2 nitrogen and oxygen atoms in total. The summed E-state index contributed by atoms with van der Waals surface area (Å²) in [5, 5.41) is 3.97. The van der Waals surface area contributed by atoms with E-state index in [2.05, 4.69) is 54.5 Å². The molecule has 2 aliphatic rings. The van der Waals surface area contributed by atoms with Crippen LogP contribution in [-0.2, 0) is 0 Å². The maximum atomic E-state index is 3.97. The zero-order chi connectivity index (χ0) is 13.9. The zero-order valence-corrected chi connectivity index (χ0v) is 12.9. The van der Waals surface area contributed by atoms with E-state index < -0.39 is 0 Å². The highest BCUT2D eigenvalue weighted by molar-refractivity contribution is 5.19. The smallest absolute Gasteiger partial charge is 0.0322 e. The Morgan fingerprint density at radius 2 is 1.80 bits per heavy atom. The second-order valence-electron chi connectivity index (χ2n) is 6.64. The van der Waals surface area contributed by atoms with E-state index in [-0.39, 0.29) is 0 Å². The van der Waals surface area contributed by atoms with Crippen LogP contribution in [0.1, 0.15) is 57.1 Å². The van der Waals surface area contributed by atoms with Crippen molar-refractivity contribution < 1.29 is 0 Å². The summed E-state index contributed by atoms with van der Waals surface area (Å²) in [6.07, 6.45) is 7.96. The van der Waals surface area contributed by atoms with Gasteiger partial charge in [-0.2, -0.15) is 0 Å². The van der Waals surface area contributed by atoms with Gasteiger partial charge in [-0.15, -0.1) is 0 Å². The van der Waals surface area contributed by atoms with Gasteiger partial charge in [0.2, 0.25) is 0 Å². The van der Waals surface area contributed by atoms with E-state index >= 15 is 0 Å². The highest BCUT2D eigenvalue weighted by Gasteiger charge is 2.38. The first-order valence-corrected chi connectivity index (χ1v) is 8.31. The minimum absolute atomic E-state index is 0.536. The van der Waals surface area contributed by atoms with Crippen LogP contribution in [0, 0.1) is 0 Å². The van der Waals surface area contributed by atoms with Crippen molar-refractivity contribution in [3.63, 3.8) is 0 Å². The molecule has 1 aromatic carbocycles. The van der Waals surface area contributed by atoms with Gasteiger partial charge in [0.15, 0.2) is 0 Å². The molecule has 20 heavy (non-hydrogen) atoms. The van der Waals surface area contributed by atoms with Gasteiger partial charge in [-0.1, -0.05) is 43.7 Å². The summed E-state index contributed by atoms with van der Waals surface area (Å²) in [5.74, 6) is 0. The third kappa shape index (κ3) is 2.91. The quantitative estimate of drug-likeness (QED) is 0.878. The molecule has 2 fully saturated rings. The Bertz CT molecular complexity index is 403. The Hall–Kier alpha value is -0.860. The summed E-state index contributed by atoms with van der Waals surface area (Å²) >= 11 is 0. The van der Waals surface area contributed by atoms with Crippen LogP contribution in [0.2, 0.25) is 0 Å². The first-order chi connectivity index (χ1) is 9.78. The van der Waals surface area contributed by atoms with Gasteiger partial charge in [0.05, 0.1) is 0 Å². The number of nitrogens with zero attached hydrogens (tertiary/aromatic N) is 1. The molecule has 110 valence electrons. The lowest BCUT2D eigenvalue weighted by molar-refractivity contribution is 0.142. The predicted octanol–water partition coefficient (Wildman–Crippen LogP) is 3.74. The van der Waals surface area contributed by atoms with Gasteiger partial charge in [-0.3, -0.25) is 0 Å². The molecule has 3 atom stereocenters. The Kier molecular flexibility index (Phi) is 4.42. The summed E-state index contributed by atoms with van der Waals surface area (Å²) in [6, 6.07) is 13.9. The van der Waals surface area contributed by atoms with Crippen molar-refractivity contribution in [1.82, 2.24) is 10.2 Å². The van der Waals surface area contributed by atoms with Crippen LogP contribution < -0.4 is 5.32 Å². The van der Waals surface area contributed by atoms with Crippen LogP contribution in [0.3, 0.4) is 0 Å². The predicted molar refractivity (Wildman–Crippen MR) is 84.8 cm³/mol. The Morgan fingerprint density at radius 3 is 2.40 bits per heavy atom. The summed E-state index contributed by atoms with van der Waals surface area (Å²) < 4.78 is 0. The molecule has 0 aromatic heterocycles. The number of benzene rings is 1. The van der Waals surface area contributed by atoms with Crippen LogP contribution in [0.5, 0.6) is 0 Å². The molecule has 0 aliphatic carbocycles. The van der Waals surface area contributed by atoms with Gasteiger partial charge in [0.25, 0.3) is 0 Å². The third-order valence-electron chi connectivity index (χ3n) is 5.31. The van der Waals surface area contributed by atoms with E-state index in [1.165, 1.54) is 44.1 Å². The third-order valence-corrected chi connectivity index (χ3v) is 5.31. The van der Waals surface area contributed by atoms with Crippen molar-refractivity contribution in [2.75, 3.05) is 7.05 Å². The standard InChI is InChI=1S/C18H28N2/c1-3-7-18(14-8-5-4-6-9-14)19-15-12-16-10-11-17(13-15)20(16)2/h4-6,8-9,15-19H,3,7,10-13H2,1-2H3. The normalized spacial score (nSPS) is 31.4. The van der Waals surface area contributed by atoms with E-state index in [0.29, 0.717) is 12.1 Å². The van der Waals surface area contributed by atoms with Gasteiger partial charge in [-0.25, -0.2) is 0 Å². The molecule has 2 saturated heterocycles. The van der Waals surface area contributed by atoms with Gasteiger partial charge >= 0.3 is 0 Å². The summed E-state index contributed by atoms with van der Waals surface area (Å²) in [5.41, 5.74) is 1.46. The minimum atomic E-state index is 0.536. The molecule has 2 aliphatic heterocycles. The molecule has 0 amide bonds. The lowest BCUT2D eigenvalue weighted by Crippen LogP contribution is -2.48. The highest BCUT2D eigenvalue weighted by atomic mass is 15.2. The van der Waals surface area contributed by atoms with Crippen LogP contribution >= 0.6 is 0 Å². The number of piperidine rings is 1. The topological polar surface area (TPSA) is 15.3 Å². The van der Waals surface area contributed by atoms with E-state index in [9.17, 15) is 0 Å². The number of hydrogen-bond donors (Lipinski definition) is 1. The number of fused-ring (bicyclic) bond motifs is 2. The van der Waals surface area contributed by atoms with Crippen LogP contribution in [-0.4, -0.2) is 30.1 Å².